The Morgan fingerprint density at radius 1 is 0.931 bits per heavy atom. The molecule has 0 amide bonds. The molecule has 0 saturated heterocycles. The molecule has 4 rings (SSSR count). The summed E-state index contributed by atoms with van der Waals surface area (Å²) in [4.78, 5) is 27.5. The largest absolute Gasteiger partial charge is 0.461 e. The fourth-order valence-electron chi connectivity index (χ4n) is 3.69. The van der Waals surface area contributed by atoms with Gasteiger partial charge in [-0.2, -0.15) is 0 Å². The molecular formula is C24H21NO3S. The van der Waals surface area contributed by atoms with E-state index in [9.17, 15) is 9.59 Å². The van der Waals surface area contributed by atoms with Gasteiger partial charge in [0, 0.05) is 16.6 Å². The van der Waals surface area contributed by atoms with Gasteiger partial charge in [-0.15, -0.1) is 11.3 Å². The number of fused-ring (bicyclic) bond motifs is 1. The third kappa shape index (κ3) is 3.17. The lowest BCUT2D eigenvalue weighted by molar-refractivity contribution is 0.0516. The number of ether oxygens (including phenoxy) is 1. The van der Waals surface area contributed by atoms with E-state index in [2.05, 4.69) is 0 Å². The standard InChI is InChI=1S/C24H21NO3S/c1-4-28-24(27)20-15(2)19-16(3)22(21(26)17-11-7-5-8-12-17)29-23(19)25(20)18-13-9-6-10-14-18/h5-14H,4H2,1-3H3. The molecule has 4 aromatic rings. The van der Waals surface area contributed by atoms with Gasteiger partial charge >= 0.3 is 5.97 Å². The minimum Gasteiger partial charge on any atom is -0.461 e. The number of thiophene rings is 1. The van der Waals surface area contributed by atoms with Crippen LogP contribution in [0.2, 0.25) is 0 Å². The third-order valence-electron chi connectivity index (χ3n) is 5.01. The molecule has 0 atom stereocenters. The van der Waals surface area contributed by atoms with Crippen LogP contribution in [0.1, 0.15) is 43.8 Å². The number of carbonyl (C=O) groups excluding carboxylic acids is 2. The van der Waals surface area contributed by atoms with Crippen molar-refractivity contribution in [1.82, 2.24) is 4.57 Å². The van der Waals surface area contributed by atoms with Crippen LogP contribution in [-0.4, -0.2) is 22.9 Å². The van der Waals surface area contributed by atoms with Crippen molar-refractivity contribution >= 4 is 33.3 Å². The summed E-state index contributed by atoms with van der Waals surface area (Å²) in [6.07, 6.45) is 0. The first-order valence-electron chi connectivity index (χ1n) is 9.51. The van der Waals surface area contributed by atoms with Crippen LogP contribution in [0.5, 0.6) is 0 Å². The van der Waals surface area contributed by atoms with E-state index in [1.54, 1.807) is 6.92 Å². The molecule has 0 aliphatic heterocycles. The number of aryl methyl sites for hydroxylation is 2. The first-order chi connectivity index (χ1) is 14.0. The molecule has 0 unspecified atom stereocenters. The first-order valence-corrected chi connectivity index (χ1v) is 10.3. The van der Waals surface area contributed by atoms with Gasteiger partial charge in [-0.1, -0.05) is 48.5 Å². The monoisotopic (exact) mass is 403 g/mol. The Hall–Kier alpha value is -3.18. The van der Waals surface area contributed by atoms with Crippen molar-refractivity contribution in [3.8, 4) is 5.69 Å². The molecule has 0 N–H and O–H groups in total. The molecule has 29 heavy (non-hydrogen) atoms. The van der Waals surface area contributed by atoms with Crippen LogP contribution in [0.15, 0.2) is 60.7 Å². The van der Waals surface area contributed by atoms with Crippen molar-refractivity contribution in [1.29, 1.82) is 0 Å². The molecule has 0 radical (unpaired) electrons. The van der Waals surface area contributed by atoms with Crippen LogP contribution in [0.3, 0.4) is 0 Å². The smallest absolute Gasteiger partial charge is 0.355 e. The van der Waals surface area contributed by atoms with Gasteiger partial charge in [-0.05, 0) is 44.0 Å². The Kier molecular flexibility index (Phi) is 5.07. The summed E-state index contributed by atoms with van der Waals surface area (Å²) < 4.78 is 7.25. The van der Waals surface area contributed by atoms with Gasteiger partial charge in [0.1, 0.15) is 10.5 Å². The topological polar surface area (TPSA) is 48.3 Å². The Labute approximate surface area is 173 Å². The highest BCUT2D eigenvalue weighted by Crippen LogP contribution is 2.39. The Balaban J connectivity index is 1.99. The summed E-state index contributed by atoms with van der Waals surface area (Å²) in [5, 5.41) is 0.946. The summed E-state index contributed by atoms with van der Waals surface area (Å²) >= 11 is 1.42. The molecule has 0 aliphatic carbocycles. The van der Waals surface area contributed by atoms with Crippen LogP contribution in [0.25, 0.3) is 15.9 Å². The number of benzene rings is 2. The first kappa shape index (κ1) is 19.2. The van der Waals surface area contributed by atoms with Crippen molar-refractivity contribution in [2.75, 3.05) is 6.61 Å². The predicted octanol–water partition coefficient (Wildman–Crippen LogP) is 5.72. The van der Waals surface area contributed by atoms with Crippen molar-refractivity contribution < 1.29 is 14.3 Å². The fraction of sp³-hybridized carbons (Fsp3) is 0.167. The maximum atomic E-state index is 13.1. The molecule has 146 valence electrons. The maximum Gasteiger partial charge on any atom is 0.355 e. The lowest BCUT2D eigenvalue weighted by atomic mass is 10.0. The van der Waals surface area contributed by atoms with Crippen molar-refractivity contribution in [3.05, 3.63) is 87.9 Å². The Bertz CT molecular complexity index is 1200. The minimum atomic E-state index is -0.354. The molecule has 0 fully saturated rings. The predicted molar refractivity (Wildman–Crippen MR) is 116 cm³/mol. The highest BCUT2D eigenvalue weighted by molar-refractivity contribution is 7.21. The molecule has 0 spiro atoms. The zero-order chi connectivity index (χ0) is 20.5. The lowest BCUT2D eigenvalue weighted by Crippen LogP contribution is -2.12. The molecule has 0 saturated carbocycles. The third-order valence-corrected chi connectivity index (χ3v) is 6.29. The van der Waals surface area contributed by atoms with Crippen LogP contribution >= 0.6 is 11.3 Å². The minimum absolute atomic E-state index is 0.000923. The van der Waals surface area contributed by atoms with Crippen LogP contribution in [-0.2, 0) is 4.74 Å². The summed E-state index contributed by atoms with van der Waals surface area (Å²) in [5.74, 6) is -0.353. The second-order valence-corrected chi connectivity index (χ2v) is 7.80. The van der Waals surface area contributed by atoms with Crippen molar-refractivity contribution in [3.63, 3.8) is 0 Å². The molecule has 2 aromatic heterocycles. The normalized spacial score (nSPS) is 11.0. The lowest BCUT2D eigenvalue weighted by Gasteiger charge is -2.10. The second-order valence-electron chi connectivity index (χ2n) is 6.80. The van der Waals surface area contributed by atoms with Gasteiger partial charge in [-0.25, -0.2) is 4.79 Å². The van der Waals surface area contributed by atoms with Crippen molar-refractivity contribution in [2.45, 2.75) is 20.8 Å². The van der Waals surface area contributed by atoms with E-state index in [1.165, 1.54) is 11.3 Å². The number of aromatic nitrogens is 1. The molecule has 0 bridgehead atoms. The van der Waals surface area contributed by atoms with E-state index in [-0.39, 0.29) is 11.8 Å². The van der Waals surface area contributed by atoms with Gasteiger partial charge in [-0.3, -0.25) is 9.36 Å². The van der Waals surface area contributed by atoms with E-state index in [0.717, 1.165) is 27.0 Å². The van der Waals surface area contributed by atoms with E-state index in [4.69, 9.17) is 4.74 Å². The summed E-state index contributed by atoms with van der Waals surface area (Å²) in [6.45, 7) is 5.98. The fourth-order valence-corrected chi connectivity index (χ4v) is 5.04. The SMILES string of the molecule is CCOC(=O)c1c(C)c2c(C)c(C(=O)c3ccccc3)sc2n1-c1ccccc1. The molecular weight excluding hydrogens is 382 g/mol. The Morgan fingerprint density at radius 3 is 2.17 bits per heavy atom. The number of ketones is 1. The second kappa shape index (κ2) is 7.68. The summed E-state index contributed by atoms with van der Waals surface area (Å²) in [5.41, 5.74) is 3.78. The van der Waals surface area contributed by atoms with Crippen molar-refractivity contribution in [2.24, 2.45) is 0 Å². The van der Waals surface area contributed by atoms with Crippen LogP contribution in [0.4, 0.5) is 0 Å². The number of carbonyl (C=O) groups is 2. The number of hydrogen-bond acceptors (Lipinski definition) is 4. The number of nitrogens with zero attached hydrogens (tertiary/aromatic N) is 1. The number of para-hydroxylation sites is 1. The average Bonchev–Trinajstić information content (AvgIpc) is 3.23. The zero-order valence-electron chi connectivity index (χ0n) is 16.6. The molecule has 2 heterocycles. The molecule has 4 nitrogen and oxygen atoms in total. The number of esters is 1. The molecule has 5 heteroatoms. The number of rotatable bonds is 5. The Morgan fingerprint density at radius 2 is 1.55 bits per heavy atom. The zero-order valence-corrected chi connectivity index (χ0v) is 17.4. The quantitative estimate of drug-likeness (QED) is 0.316. The van der Waals surface area contributed by atoms with E-state index < -0.39 is 0 Å². The maximum absolute atomic E-state index is 13.1. The van der Waals surface area contributed by atoms with Gasteiger partial charge in [0.2, 0.25) is 5.78 Å². The van der Waals surface area contributed by atoms with Crippen LogP contribution in [0, 0.1) is 13.8 Å². The van der Waals surface area contributed by atoms with E-state index in [0.29, 0.717) is 22.7 Å². The van der Waals surface area contributed by atoms with E-state index in [1.807, 2.05) is 79.1 Å². The van der Waals surface area contributed by atoms with E-state index >= 15 is 0 Å². The summed E-state index contributed by atoms with van der Waals surface area (Å²) in [6, 6.07) is 19.0. The van der Waals surface area contributed by atoms with Gasteiger partial charge in [0.15, 0.2) is 0 Å². The molecule has 0 aliphatic rings. The highest BCUT2D eigenvalue weighted by Gasteiger charge is 2.28. The van der Waals surface area contributed by atoms with Crippen LogP contribution < -0.4 is 0 Å². The molecule has 2 aromatic carbocycles. The summed E-state index contributed by atoms with van der Waals surface area (Å²) in [7, 11) is 0. The highest BCUT2D eigenvalue weighted by atomic mass is 32.1. The van der Waals surface area contributed by atoms with Gasteiger partial charge < -0.3 is 4.74 Å². The average molecular weight is 404 g/mol. The van der Waals surface area contributed by atoms with Gasteiger partial charge in [0.25, 0.3) is 0 Å². The number of hydrogen-bond donors (Lipinski definition) is 0. The van der Waals surface area contributed by atoms with Gasteiger partial charge in [0.05, 0.1) is 11.5 Å².